The molecule has 7 N–H and O–H groups in total. The van der Waals surface area contributed by atoms with Gasteiger partial charge in [-0.25, -0.2) is 9.18 Å². The molecule has 232 valence electrons. The number of ether oxygens (including phenoxy) is 1. The fourth-order valence-electron chi connectivity index (χ4n) is 6.49. The van der Waals surface area contributed by atoms with Crippen molar-refractivity contribution in [2.75, 3.05) is 6.54 Å². The van der Waals surface area contributed by atoms with E-state index >= 15 is 4.39 Å². The summed E-state index contributed by atoms with van der Waals surface area (Å²) in [7, 11) is 0. The molecule has 11 heteroatoms. The molecule has 0 radical (unpaired) electrons. The second kappa shape index (κ2) is 12.1. The summed E-state index contributed by atoms with van der Waals surface area (Å²) in [5, 5.41) is 0.718. The Labute approximate surface area is 260 Å². The van der Waals surface area contributed by atoms with E-state index in [2.05, 4.69) is 15.0 Å². The predicted octanol–water partition coefficient (Wildman–Crippen LogP) is 5.16. The first-order valence-corrected chi connectivity index (χ1v) is 15.6. The van der Waals surface area contributed by atoms with E-state index in [4.69, 9.17) is 33.5 Å². The third kappa shape index (κ3) is 6.17. The number of hydrogen-bond acceptors (Lipinski definition) is 6. The normalized spacial score (nSPS) is 24.0. The molecule has 1 aliphatic heterocycles. The lowest BCUT2D eigenvalue weighted by molar-refractivity contribution is -0.0773. The molecule has 3 unspecified atom stereocenters. The quantitative estimate of drug-likeness (QED) is 0.142. The van der Waals surface area contributed by atoms with Gasteiger partial charge in [-0.3, -0.25) is 9.56 Å². The van der Waals surface area contributed by atoms with Crippen molar-refractivity contribution in [3.05, 3.63) is 81.1 Å². The zero-order valence-electron chi connectivity index (χ0n) is 25.0. The van der Waals surface area contributed by atoms with Crippen LogP contribution in [-0.4, -0.2) is 44.6 Å². The van der Waals surface area contributed by atoms with Gasteiger partial charge < -0.3 is 26.9 Å². The lowest BCUT2D eigenvalue weighted by Crippen LogP contribution is -2.38. The fraction of sp³-hybridized carbons (Fsp3) is 0.424. The van der Waals surface area contributed by atoms with Crippen molar-refractivity contribution in [1.29, 1.82) is 0 Å². The van der Waals surface area contributed by atoms with Crippen molar-refractivity contribution >= 4 is 28.5 Å². The molecule has 2 aliphatic rings. The number of aromatic amines is 1. The third-order valence-corrected chi connectivity index (χ3v) is 9.19. The first-order valence-electron chi connectivity index (χ1n) is 15.2. The molecule has 4 aromatic rings. The minimum absolute atomic E-state index is 0.0507. The Balaban J connectivity index is 1.23. The molecular formula is C33H39ClFN7O2. The molecule has 1 saturated heterocycles. The van der Waals surface area contributed by atoms with E-state index in [0.717, 1.165) is 49.7 Å². The van der Waals surface area contributed by atoms with E-state index in [-0.39, 0.29) is 28.8 Å². The Bertz CT molecular complexity index is 1760. The van der Waals surface area contributed by atoms with Gasteiger partial charge >= 0.3 is 5.69 Å². The zero-order chi connectivity index (χ0) is 31.2. The Morgan fingerprint density at radius 1 is 1.30 bits per heavy atom. The highest BCUT2D eigenvalue weighted by molar-refractivity contribution is 6.31. The number of fused-ring (bicyclic) bond motifs is 2. The summed E-state index contributed by atoms with van der Waals surface area (Å²) in [6.45, 7) is 4.37. The lowest BCUT2D eigenvalue weighted by Gasteiger charge is -2.34. The summed E-state index contributed by atoms with van der Waals surface area (Å²) in [6, 6.07) is 13.1. The minimum atomic E-state index is -0.522. The number of nitrogens with one attached hydrogen (secondary N) is 1. The maximum absolute atomic E-state index is 15.1. The summed E-state index contributed by atoms with van der Waals surface area (Å²) in [6.07, 6.45) is 6.51. The van der Waals surface area contributed by atoms with Crippen LogP contribution in [0.15, 0.2) is 58.4 Å². The van der Waals surface area contributed by atoms with Gasteiger partial charge in [-0.05, 0) is 93.8 Å². The number of nitrogens with two attached hydrogens (primary N) is 3. The number of amidine groups is 1. The Kier molecular flexibility index (Phi) is 8.36. The maximum atomic E-state index is 15.1. The fourth-order valence-corrected chi connectivity index (χ4v) is 6.73. The summed E-state index contributed by atoms with van der Waals surface area (Å²) in [5.41, 5.74) is 21.2. The average Bonchev–Trinajstić information content (AvgIpc) is 3.56. The molecule has 6 rings (SSSR count). The second-order valence-electron chi connectivity index (χ2n) is 12.4. The first-order chi connectivity index (χ1) is 21.0. The summed E-state index contributed by atoms with van der Waals surface area (Å²) in [5.74, 6) is 0.395. The van der Waals surface area contributed by atoms with Crippen molar-refractivity contribution in [3.8, 4) is 16.9 Å². The van der Waals surface area contributed by atoms with Crippen LogP contribution in [0.1, 0.15) is 63.2 Å². The molecular weight excluding hydrogens is 581 g/mol. The van der Waals surface area contributed by atoms with Gasteiger partial charge in [0.15, 0.2) is 5.82 Å². The smallest absolute Gasteiger partial charge is 0.354 e. The Morgan fingerprint density at radius 3 is 2.80 bits per heavy atom. The van der Waals surface area contributed by atoms with E-state index in [0.29, 0.717) is 46.3 Å². The highest BCUT2D eigenvalue weighted by Crippen LogP contribution is 2.58. The molecule has 0 bridgehead atoms. The van der Waals surface area contributed by atoms with Crippen molar-refractivity contribution < 1.29 is 9.13 Å². The van der Waals surface area contributed by atoms with Crippen LogP contribution in [0.3, 0.4) is 0 Å². The highest BCUT2D eigenvalue weighted by atomic mass is 35.5. The molecule has 44 heavy (non-hydrogen) atoms. The van der Waals surface area contributed by atoms with Crippen LogP contribution in [0, 0.1) is 11.7 Å². The van der Waals surface area contributed by atoms with E-state index in [1.807, 2.05) is 31.2 Å². The number of benzene rings is 2. The van der Waals surface area contributed by atoms with Gasteiger partial charge in [0.1, 0.15) is 5.65 Å². The number of aromatic nitrogens is 3. The molecule has 0 amide bonds. The van der Waals surface area contributed by atoms with E-state index in [1.165, 1.54) is 4.57 Å². The van der Waals surface area contributed by atoms with Gasteiger partial charge in [0.25, 0.3) is 0 Å². The van der Waals surface area contributed by atoms with Gasteiger partial charge in [0.05, 0.1) is 33.9 Å². The minimum Gasteiger partial charge on any atom is -0.388 e. The standard InChI is InChI=1S/C33H39ClFN7O2/c1-18(36)4-3-5-20-12-24(30(35)26(34)13-20)28-14-22-17-42(32(43)41-31(22)40-28)23-8-6-21(7-9-23)29-15-27(38)25-16-33(25,44-29)10-11-39-19(2)37/h6-9,12-14,17-18,25,27,29H,3-5,10-11,15-16,36,38H2,1-2H3,(H2,37,39)(H,40,41,43)/t18-,25?,27?,29+,33?/m0/s1. The number of halogens is 2. The molecule has 1 saturated carbocycles. The molecule has 2 aromatic carbocycles. The van der Waals surface area contributed by atoms with Gasteiger partial charge in [0, 0.05) is 41.7 Å². The average molecular weight is 620 g/mol. The molecule has 0 spiro atoms. The molecule has 3 heterocycles. The van der Waals surface area contributed by atoms with Crippen LogP contribution < -0.4 is 22.9 Å². The molecule has 1 aliphatic carbocycles. The maximum Gasteiger partial charge on any atom is 0.354 e. The van der Waals surface area contributed by atoms with Gasteiger partial charge in [0.2, 0.25) is 0 Å². The Hall–Kier alpha value is -3.57. The van der Waals surface area contributed by atoms with Crippen molar-refractivity contribution in [2.24, 2.45) is 28.1 Å². The Morgan fingerprint density at radius 2 is 2.07 bits per heavy atom. The van der Waals surface area contributed by atoms with Gasteiger partial charge in [-0.15, -0.1) is 0 Å². The summed E-state index contributed by atoms with van der Waals surface area (Å²) in [4.78, 5) is 24.8. The highest BCUT2D eigenvalue weighted by Gasteiger charge is 2.61. The van der Waals surface area contributed by atoms with Crippen LogP contribution in [0.2, 0.25) is 5.02 Å². The molecule has 9 nitrogen and oxygen atoms in total. The van der Waals surface area contributed by atoms with Crippen LogP contribution in [0.4, 0.5) is 4.39 Å². The second-order valence-corrected chi connectivity index (χ2v) is 12.8. The van der Waals surface area contributed by atoms with E-state index < -0.39 is 11.5 Å². The van der Waals surface area contributed by atoms with Crippen LogP contribution in [-0.2, 0) is 11.2 Å². The van der Waals surface area contributed by atoms with Crippen LogP contribution >= 0.6 is 11.6 Å². The number of aliphatic imine (C=N–C) groups is 1. The largest absolute Gasteiger partial charge is 0.388 e. The number of hydrogen-bond donors (Lipinski definition) is 4. The molecule has 2 aromatic heterocycles. The topological polar surface area (TPSA) is 150 Å². The van der Waals surface area contributed by atoms with Crippen LogP contribution in [0.25, 0.3) is 28.0 Å². The van der Waals surface area contributed by atoms with Gasteiger partial charge in [-0.2, -0.15) is 4.98 Å². The SMILES string of the molecule is CC(N)=NCCC12CC1C(N)C[C@H](c1ccc(-n3cc4cc(-c5cc(CCC[C@H](C)N)cc(Cl)c5F)[nH]c4nc3=O)cc1)O2. The van der Waals surface area contributed by atoms with E-state index in [9.17, 15) is 4.79 Å². The number of rotatable bonds is 10. The monoisotopic (exact) mass is 619 g/mol. The summed E-state index contributed by atoms with van der Waals surface area (Å²) >= 11 is 6.26. The third-order valence-electron chi connectivity index (χ3n) is 8.91. The lowest BCUT2D eigenvalue weighted by atomic mass is 9.93. The van der Waals surface area contributed by atoms with Crippen molar-refractivity contribution in [2.45, 2.75) is 76.2 Å². The molecule has 5 atom stereocenters. The summed E-state index contributed by atoms with van der Waals surface area (Å²) < 4.78 is 23.2. The number of nitrogens with zero attached hydrogens (tertiary/aromatic N) is 3. The van der Waals surface area contributed by atoms with Crippen molar-refractivity contribution in [1.82, 2.24) is 14.5 Å². The number of H-pyrrole nitrogens is 1. The van der Waals surface area contributed by atoms with E-state index in [1.54, 1.807) is 31.3 Å². The van der Waals surface area contributed by atoms with Gasteiger partial charge in [-0.1, -0.05) is 23.7 Å². The number of aryl methyl sites for hydroxylation is 1. The first kappa shape index (κ1) is 30.5. The predicted molar refractivity (Wildman–Crippen MR) is 173 cm³/mol. The van der Waals surface area contributed by atoms with Crippen LogP contribution in [0.5, 0.6) is 0 Å². The van der Waals surface area contributed by atoms with Crippen molar-refractivity contribution in [3.63, 3.8) is 0 Å². The molecule has 2 fully saturated rings. The zero-order valence-corrected chi connectivity index (χ0v) is 25.8.